The summed E-state index contributed by atoms with van der Waals surface area (Å²) >= 11 is 5.82. The molecule has 16 heavy (non-hydrogen) atoms. The molecule has 0 aromatic carbocycles. The lowest BCUT2D eigenvalue weighted by Crippen LogP contribution is -2.26. The highest BCUT2D eigenvalue weighted by atomic mass is 35.5. The van der Waals surface area contributed by atoms with Crippen molar-refractivity contribution < 1.29 is 0 Å². The number of anilines is 1. The van der Waals surface area contributed by atoms with Gasteiger partial charge in [-0.2, -0.15) is 0 Å². The van der Waals surface area contributed by atoms with Gasteiger partial charge in [-0.25, -0.2) is 9.97 Å². The molecule has 3 nitrogen and oxygen atoms in total. The summed E-state index contributed by atoms with van der Waals surface area (Å²) < 4.78 is 0. The Labute approximate surface area is 101 Å². The first-order chi connectivity index (χ1) is 7.72. The zero-order valence-corrected chi connectivity index (χ0v) is 10.2. The van der Waals surface area contributed by atoms with Crippen LogP contribution in [0.2, 0.25) is 5.28 Å². The summed E-state index contributed by atoms with van der Waals surface area (Å²) in [5.74, 6) is 2.70. The van der Waals surface area contributed by atoms with Crippen LogP contribution in [0.3, 0.4) is 0 Å². The number of nitrogens with zero attached hydrogens (tertiary/aromatic N) is 2. The molecular weight excluding hydrogens is 222 g/mol. The van der Waals surface area contributed by atoms with Crippen LogP contribution in [-0.4, -0.2) is 16.0 Å². The second kappa shape index (κ2) is 3.88. The van der Waals surface area contributed by atoms with E-state index in [1.54, 1.807) is 6.20 Å². The monoisotopic (exact) mass is 237 g/mol. The van der Waals surface area contributed by atoms with Gasteiger partial charge in [0.2, 0.25) is 5.28 Å². The van der Waals surface area contributed by atoms with Gasteiger partial charge in [-0.15, -0.1) is 0 Å². The van der Waals surface area contributed by atoms with Gasteiger partial charge in [0, 0.05) is 17.8 Å². The molecule has 0 saturated heterocycles. The number of aromatic nitrogens is 2. The van der Waals surface area contributed by atoms with E-state index in [1.807, 2.05) is 6.92 Å². The maximum Gasteiger partial charge on any atom is 0.224 e. The number of aryl methyl sites for hydroxylation is 1. The Morgan fingerprint density at radius 1 is 1.38 bits per heavy atom. The average Bonchev–Trinajstić information content (AvgIpc) is 2.85. The van der Waals surface area contributed by atoms with E-state index in [0.29, 0.717) is 11.3 Å². The summed E-state index contributed by atoms with van der Waals surface area (Å²) in [7, 11) is 0. The van der Waals surface area contributed by atoms with E-state index in [9.17, 15) is 0 Å². The van der Waals surface area contributed by atoms with E-state index in [1.165, 1.54) is 25.7 Å². The molecule has 0 spiro atoms. The highest BCUT2D eigenvalue weighted by Gasteiger charge is 2.39. The molecule has 2 fully saturated rings. The van der Waals surface area contributed by atoms with E-state index in [0.717, 1.165) is 23.2 Å². The average molecular weight is 238 g/mol. The van der Waals surface area contributed by atoms with Crippen molar-refractivity contribution in [3.05, 3.63) is 17.0 Å². The standard InChI is InChI=1S/C12H16ClN3/c1-7-6-14-12(13)16-11(7)15-10-5-8-2-3-9(10)4-8/h6,8-10H,2-5H2,1H3,(H,14,15,16). The molecule has 3 atom stereocenters. The van der Waals surface area contributed by atoms with Gasteiger partial charge in [-0.1, -0.05) is 6.42 Å². The maximum atomic E-state index is 5.82. The van der Waals surface area contributed by atoms with Crippen molar-refractivity contribution in [1.82, 2.24) is 9.97 Å². The second-order valence-corrected chi connectivity index (χ2v) is 5.43. The Hall–Kier alpha value is -0.830. The van der Waals surface area contributed by atoms with Crippen molar-refractivity contribution in [2.24, 2.45) is 11.8 Å². The molecule has 1 aromatic heterocycles. The molecule has 2 saturated carbocycles. The molecule has 1 heterocycles. The highest BCUT2D eigenvalue weighted by molar-refractivity contribution is 6.28. The van der Waals surface area contributed by atoms with Crippen LogP contribution in [0.4, 0.5) is 5.82 Å². The van der Waals surface area contributed by atoms with Gasteiger partial charge in [0.15, 0.2) is 0 Å². The molecule has 2 bridgehead atoms. The second-order valence-electron chi connectivity index (χ2n) is 5.10. The SMILES string of the molecule is Cc1cnc(Cl)nc1NC1CC2CCC1C2. The van der Waals surface area contributed by atoms with Crippen LogP contribution >= 0.6 is 11.6 Å². The van der Waals surface area contributed by atoms with Gasteiger partial charge in [-0.05, 0) is 49.6 Å². The van der Waals surface area contributed by atoms with Crippen LogP contribution < -0.4 is 5.32 Å². The lowest BCUT2D eigenvalue weighted by molar-refractivity contribution is 0.438. The Morgan fingerprint density at radius 3 is 2.94 bits per heavy atom. The van der Waals surface area contributed by atoms with Crippen LogP contribution in [0.5, 0.6) is 0 Å². The van der Waals surface area contributed by atoms with Gasteiger partial charge >= 0.3 is 0 Å². The number of nitrogens with one attached hydrogen (secondary N) is 1. The molecule has 0 radical (unpaired) electrons. The molecule has 4 heteroatoms. The van der Waals surface area contributed by atoms with Gasteiger partial charge in [0.05, 0.1) is 0 Å². The molecule has 1 N–H and O–H groups in total. The summed E-state index contributed by atoms with van der Waals surface area (Å²) in [5.41, 5.74) is 1.08. The van der Waals surface area contributed by atoms with E-state index < -0.39 is 0 Å². The Morgan fingerprint density at radius 2 is 2.25 bits per heavy atom. The zero-order valence-electron chi connectivity index (χ0n) is 9.41. The number of hydrogen-bond donors (Lipinski definition) is 1. The zero-order chi connectivity index (χ0) is 11.1. The lowest BCUT2D eigenvalue weighted by Gasteiger charge is -2.24. The fourth-order valence-corrected chi connectivity index (χ4v) is 3.30. The molecule has 2 aliphatic rings. The summed E-state index contributed by atoms with van der Waals surface area (Å²) in [5, 5.41) is 3.88. The number of fused-ring (bicyclic) bond motifs is 2. The smallest absolute Gasteiger partial charge is 0.224 e. The third-order valence-electron chi connectivity index (χ3n) is 4.00. The van der Waals surface area contributed by atoms with Crippen LogP contribution in [-0.2, 0) is 0 Å². The number of halogens is 1. The van der Waals surface area contributed by atoms with E-state index in [-0.39, 0.29) is 0 Å². The minimum atomic E-state index is 0.330. The van der Waals surface area contributed by atoms with Gasteiger partial charge < -0.3 is 5.32 Å². The van der Waals surface area contributed by atoms with Crippen molar-refractivity contribution in [3.8, 4) is 0 Å². The predicted octanol–water partition coefficient (Wildman–Crippen LogP) is 3.04. The predicted molar refractivity (Wildman–Crippen MR) is 64.6 cm³/mol. The fraction of sp³-hybridized carbons (Fsp3) is 0.667. The molecule has 0 amide bonds. The molecule has 2 aliphatic carbocycles. The molecule has 1 aromatic rings. The summed E-state index contributed by atoms with van der Waals surface area (Å²) in [6.07, 6.45) is 7.28. The number of hydrogen-bond acceptors (Lipinski definition) is 3. The molecule has 3 rings (SSSR count). The van der Waals surface area contributed by atoms with Crippen molar-refractivity contribution in [2.75, 3.05) is 5.32 Å². The van der Waals surface area contributed by atoms with Gasteiger partial charge in [-0.3, -0.25) is 0 Å². The fourth-order valence-electron chi connectivity index (χ4n) is 3.16. The van der Waals surface area contributed by atoms with Crippen molar-refractivity contribution in [2.45, 2.75) is 38.6 Å². The van der Waals surface area contributed by atoms with Gasteiger partial charge in [0.25, 0.3) is 0 Å². The van der Waals surface area contributed by atoms with Crippen LogP contribution in [0.15, 0.2) is 6.20 Å². The van der Waals surface area contributed by atoms with Crippen molar-refractivity contribution >= 4 is 17.4 Å². The third kappa shape index (κ3) is 1.77. The van der Waals surface area contributed by atoms with Crippen LogP contribution in [0, 0.1) is 18.8 Å². The quantitative estimate of drug-likeness (QED) is 0.804. The highest BCUT2D eigenvalue weighted by Crippen LogP contribution is 2.45. The normalized spacial score (nSPS) is 32.0. The largest absolute Gasteiger partial charge is 0.367 e. The van der Waals surface area contributed by atoms with E-state index >= 15 is 0 Å². The maximum absolute atomic E-state index is 5.82. The lowest BCUT2D eigenvalue weighted by atomic mass is 9.95. The topological polar surface area (TPSA) is 37.8 Å². The first kappa shape index (κ1) is 10.3. The van der Waals surface area contributed by atoms with Gasteiger partial charge in [0.1, 0.15) is 5.82 Å². The van der Waals surface area contributed by atoms with E-state index in [2.05, 4.69) is 15.3 Å². The minimum Gasteiger partial charge on any atom is -0.367 e. The first-order valence-corrected chi connectivity index (χ1v) is 6.36. The Kier molecular flexibility index (Phi) is 2.51. The van der Waals surface area contributed by atoms with Crippen molar-refractivity contribution in [3.63, 3.8) is 0 Å². The van der Waals surface area contributed by atoms with Crippen molar-refractivity contribution in [1.29, 1.82) is 0 Å². The van der Waals surface area contributed by atoms with Crippen LogP contribution in [0.25, 0.3) is 0 Å². The Bertz CT molecular complexity index is 407. The summed E-state index contributed by atoms with van der Waals surface area (Å²) in [4.78, 5) is 8.24. The molecule has 86 valence electrons. The molecule has 3 unspecified atom stereocenters. The summed E-state index contributed by atoms with van der Waals surface area (Å²) in [6, 6.07) is 0.600. The van der Waals surface area contributed by atoms with E-state index in [4.69, 9.17) is 11.6 Å². The number of rotatable bonds is 2. The minimum absolute atomic E-state index is 0.330. The first-order valence-electron chi connectivity index (χ1n) is 5.98. The van der Waals surface area contributed by atoms with Crippen LogP contribution in [0.1, 0.15) is 31.2 Å². The molecule has 0 aliphatic heterocycles. The third-order valence-corrected chi connectivity index (χ3v) is 4.18. The molecular formula is C12H16ClN3. The Balaban J connectivity index is 1.76. The summed E-state index contributed by atoms with van der Waals surface area (Å²) in [6.45, 7) is 2.02.